The Labute approximate surface area is 196 Å². The molecule has 0 bridgehead atoms. The number of rotatable bonds is 11. The standard InChI is InChI=1S/C23H25Cl2NO6/c1-15(2)13-32-23(29)16-5-8-18(9-6-16)26-21(27)14-31-22(28)4-3-11-30-20-10-7-17(24)12-19(20)25/h5-10,12,15H,3-4,11,13-14H2,1-2H3,(H,26,27). The van der Waals surface area contributed by atoms with Gasteiger partial charge in [0.05, 0.1) is 23.8 Å². The molecule has 0 spiro atoms. The molecule has 172 valence electrons. The normalized spacial score (nSPS) is 10.5. The van der Waals surface area contributed by atoms with E-state index in [1.807, 2.05) is 13.8 Å². The highest BCUT2D eigenvalue weighted by molar-refractivity contribution is 6.35. The molecule has 0 fully saturated rings. The maximum atomic E-state index is 12.0. The van der Waals surface area contributed by atoms with E-state index in [0.717, 1.165) is 0 Å². The van der Waals surface area contributed by atoms with E-state index < -0.39 is 24.5 Å². The molecule has 0 heterocycles. The Morgan fingerprint density at radius 2 is 1.72 bits per heavy atom. The molecule has 0 aliphatic carbocycles. The highest BCUT2D eigenvalue weighted by Crippen LogP contribution is 2.27. The molecule has 2 rings (SSSR count). The lowest BCUT2D eigenvalue weighted by Crippen LogP contribution is -2.21. The summed E-state index contributed by atoms with van der Waals surface area (Å²) in [6, 6.07) is 11.1. The van der Waals surface area contributed by atoms with Crippen LogP contribution in [-0.2, 0) is 19.1 Å². The fourth-order valence-electron chi connectivity index (χ4n) is 2.42. The third kappa shape index (κ3) is 9.16. The maximum absolute atomic E-state index is 12.0. The molecule has 0 aliphatic rings. The lowest BCUT2D eigenvalue weighted by atomic mass is 10.2. The van der Waals surface area contributed by atoms with E-state index in [1.165, 1.54) is 0 Å². The third-order valence-electron chi connectivity index (χ3n) is 3.99. The van der Waals surface area contributed by atoms with E-state index in [-0.39, 0.29) is 18.9 Å². The lowest BCUT2D eigenvalue weighted by Gasteiger charge is -2.09. The van der Waals surface area contributed by atoms with Gasteiger partial charge in [-0.25, -0.2) is 4.79 Å². The second kappa shape index (κ2) is 12.9. The minimum absolute atomic E-state index is 0.0890. The summed E-state index contributed by atoms with van der Waals surface area (Å²) in [4.78, 5) is 35.7. The van der Waals surface area contributed by atoms with Crippen LogP contribution in [0.25, 0.3) is 0 Å². The van der Waals surface area contributed by atoms with Crippen LogP contribution < -0.4 is 10.1 Å². The number of anilines is 1. The quantitative estimate of drug-likeness (QED) is 0.352. The van der Waals surface area contributed by atoms with Crippen LogP contribution in [0, 0.1) is 5.92 Å². The Balaban J connectivity index is 1.65. The van der Waals surface area contributed by atoms with Gasteiger partial charge in [0, 0.05) is 17.1 Å². The molecule has 0 radical (unpaired) electrons. The highest BCUT2D eigenvalue weighted by atomic mass is 35.5. The topological polar surface area (TPSA) is 90.9 Å². The lowest BCUT2D eigenvalue weighted by molar-refractivity contribution is -0.147. The number of amides is 1. The van der Waals surface area contributed by atoms with Crippen molar-refractivity contribution >= 4 is 46.7 Å². The van der Waals surface area contributed by atoms with Gasteiger partial charge in [-0.05, 0) is 54.8 Å². The number of ether oxygens (including phenoxy) is 3. The number of halogens is 2. The monoisotopic (exact) mass is 481 g/mol. The average molecular weight is 482 g/mol. The number of carbonyl (C=O) groups is 3. The molecule has 32 heavy (non-hydrogen) atoms. The summed E-state index contributed by atoms with van der Waals surface area (Å²) in [5.74, 6) is -0.711. The van der Waals surface area contributed by atoms with Crippen LogP contribution >= 0.6 is 23.2 Å². The fourth-order valence-corrected chi connectivity index (χ4v) is 2.88. The van der Waals surface area contributed by atoms with E-state index in [2.05, 4.69) is 5.32 Å². The van der Waals surface area contributed by atoms with Gasteiger partial charge in [-0.2, -0.15) is 0 Å². The smallest absolute Gasteiger partial charge is 0.338 e. The SMILES string of the molecule is CC(C)COC(=O)c1ccc(NC(=O)COC(=O)CCCOc2ccc(Cl)cc2Cl)cc1. The Kier molecular flexibility index (Phi) is 10.3. The fraction of sp³-hybridized carbons (Fsp3) is 0.348. The predicted octanol–water partition coefficient (Wildman–Crippen LogP) is 5.15. The Hall–Kier alpha value is -2.77. The number of hydrogen-bond acceptors (Lipinski definition) is 6. The van der Waals surface area contributed by atoms with Crippen molar-refractivity contribution in [2.24, 2.45) is 5.92 Å². The second-order valence-electron chi connectivity index (χ2n) is 7.31. The van der Waals surface area contributed by atoms with E-state index >= 15 is 0 Å². The van der Waals surface area contributed by atoms with Gasteiger partial charge < -0.3 is 19.5 Å². The van der Waals surface area contributed by atoms with Crippen LogP contribution in [0.4, 0.5) is 5.69 Å². The minimum Gasteiger partial charge on any atom is -0.492 e. The molecule has 0 aromatic heterocycles. The molecule has 1 amide bonds. The van der Waals surface area contributed by atoms with Gasteiger partial charge in [-0.15, -0.1) is 0 Å². The molecule has 9 heteroatoms. The van der Waals surface area contributed by atoms with Gasteiger partial charge in [-0.3, -0.25) is 9.59 Å². The Morgan fingerprint density at radius 1 is 1.00 bits per heavy atom. The van der Waals surface area contributed by atoms with Crippen molar-refractivity contribution in [3.8, 4) is 5.75 Å². The van der Waals surface area contributed by atoms with Crippen LogP contribution in [-0.4, -0.2) is 37.7 Å². The summed E-state index contributed by atoms with van der Waals surface area (Å²) in [5.41, 5.74) is 0.858. The van der Waals surface area contributed by atoms with Crippen molar-refractivity contribution in [2.45, 2.75) is 26.7 Å². The van der Waals surface area contributed by atoms with Crippen molar-refractivity contribution in [1.82, 2.24) is 0 Å². The molecule has 2 aromatic rings. The molecule has 2 aromatic carbocycles. The van der Waals surface area contributed by atoms with Crippen molar-refractivity contribution in [2.75, 3.05) is 25.1 Å². The van der Waals surface area contributed by atoms with Gasteiger partial charge in [0.15, 0.2) is 6.61 Å². The molecule has 0 aliphatic heterocycles. The van der Waals surface area contributed by atoms with Gasteiger partial charge in [0.1, 0.15) is 5.75 Å². The van der Waals surface area contributed by atoms with Crippen LogP contribution in [0.1, 0.15) is 37.0 Å². The van der Waals surface area contributed by atoms with Crippen molar-refractivity contribution in [1.29, 1.82) is 0 Å². The number of nitrogens with one attached hydrogen (secondary N) is 1. The summed E-state index contributed by atoms with van der Waals surface area (Å²) in [6.07, 6.45) is 0.486. The van der Waals surface area contributed by atoms with E-state index in [0.29, 0.717) is 40.1 Å². The minimum atomic E-state index is -0.519. The molecule has 1 N–H and O–H groups in total. The molecule has 0 unspecified atom stereocenters. The molecule has 0 saturated carbocycles. The Bertz CT molecular complexity index is 931. The molecule has 0 saturated heterocycles. The molecule has 7 nitrogen and oxygen atoms in total. The molecular formula is C23H25Cl2NO6. The van der Waals surface area contributed by atoms with Crippen LogP contribution in [0.5, 0.6) is 5.75 Å². The largest absolute Gasteiger partial charge is 0.492 e. The summed E-state index contributed by atoms with van der Waals surface area (Å²) < 4.78 is 15.6. The number of benzene rings is 2. The van der Waals surface area contributed by atoms with Crippen molar-refractivity contribution < 1.29 is 28.6 Å². The van der Waals surface area contributed by atoms with Gasteiger partial charge in [0.25, 0.3) is 5.91 Å². The first kappa shape index (κ1) is 25.5. The molecule has 0 atom stereocenters. The third-order valence-corrected chi connectivity index (χ3v) is 4.52. The van der Waals surface area contributed by atoms with Gasteiger partial charge in [0.2, 0.25) is 0 Å². The van der Waals surface area contributed by atoms with E-state index in [4.69, 9.17) is 37.4 Å². The second-order valence-corrected chi connectivity index (χ2v) is 8.15. The van der Waals surface area contributed by atoms with Crippen molar-refractivity contribution in [3.63, 3.8) is 0 Å². The van der Waals surface area contributed by atoms with Crippen LogP contribution in [0.3, 0.4) is 0 Å². The van der Waals surface area contributed by atoms with Gasteiger partial charge in [-0.1, -0.05) is 37.0 Å². The zero-order valence-corrected chi connectivity index (χ0v) is 19.4. The summed E-state index contributed by atoms with van der Waals surface area (Å²) in [5, 5.41) is 3.49. The number of esters is 2. The highest BCUT2D eigenvalue weighted by Gasteiger charge is 2.11. The maximum Gasteiger partial charge on any atom is 0.338 e. The summed E-state index contributed by atoms with van der Waals surface area (Å²) in [6.45, 7) is 4.08. The van der Waals surface area contributed by atoms with E-state index in [1.54, 1.807) is 42.5 Å². The molecular weight excluding hydrogens is 457 g/mol. The summed E-state index contributed by atoms with van der Waals surface area (Å²) >= 11 is 11.8. The van der Waals surface area contributed by atoms with E-state index in [9.17, 15) is 14.4 Å². The summed E-state index contributed by atoms with van der Waals surface area (Å²) in [7, 11) is 0. The number of carbonyl (C=O) groups excluding carboxylic acids is 3. The zero-order valence-electron chi connectivity index (χ0n) is 17.9. The van der Waals surface area contributed by atoms with Crippen LogP contribution in [0.2, 0.25) is 10.0 Å². The first-order valence-electron chi connectivity index (χ1n) is 10.0. The first-order chi connectivity index (χ1) is 15.2. The zero-order chi connectivity index (χ0) is 23.5. The van der Waals surface area contributed by atoms with Crippen LogP contribution in [0.15, 0.2) is 42.5 Å². The number of hydrogen-bond donors (Lipinski definition) is 1. The average Bonchev–Trinajstić information content (AvgIpc) is 2.75. The first-order valence-corrected chi connectivity index (χ1v) is 10.8. The Morgan fingerprint density at radius 3 is 2.38 bits per heavy atom. The van der Waals surface area contributed by atoms with Gasteiger partial charge >= 0.3 is 11.9 Å². The predicted molar refractivity (Wildman–Crippen MR) is 122 cm³/mol. The van der Waals surface area contributed by atoms with Crippen molar-refractivity contribution in [3.05, 3.63) is 58.1 Å².